The number of amides is 1. The molecule has 2 aliphatic heterocycles. The molecule has 196 valence electrons. The molecule has 13 heteroatoms. The largest absolute Gasteiger partial charge is 0.491 e. The Morgan fingerprint density at radius 1 is 1.25 bits per heavy atom. The second kappa shape index (κ2) is 9.45. The van der Waals surface area contributed by atoms with Crippen molar-refractivity contribution in [3.63, 3.8) is 0 Å². The van der Waals surface area contributed by atoms with Gasteiger partial charge in [-0.05, 0) is 30.7 Å². The summed E-state index contributed by atoms with van der Waals surface area (Å²) in [6, 6.07) is 6.35. The Hall–Kier alpha value is -3.03. The van der Waals surface area contributed by atoms with Gasteiger partial charge < -0.3 is 24.9 Å². The van der Waals surface area contributed by atoms with Gasteiger partial charge in [-0.1, -0.05) is 12.1 Å². The number of alkyl halides is 5. The van der Waals surface area contributed by atoms with E-state index in [0.717, 1.165) is 6.07 Å². The summed E-state index contributed by atoms with van der Waals surface area (Å²) in [5.41, 5.74) is 0.833. The predicted molar refractivity (Wildman–Crippen MR) is 117 cm³/mol. The third-order valence-electron chi connectivity index (χ3n) is 5.82. The second-order valence-electron chi connectivity index (χ2n) is 9.20. The SMILES string of the molecule is C[C@@]1(CN2CC(F)(F)C2)COC[C@@H](COc2ccc(-c3cc(C(N)=O)c(=O)[nH]c3C(F)(F)F)cc2)O1. The molecule has 0 spiro atoms. The highest BCUT2D eigenvalue weighted by Crippen LogP contribution is 2.36. The van der Waals surface area contributed by atoms with Gasteiger partial charge in [-0.15, -0.1) is 0 Å². The molecule has 2 aliphatic rings. The molecule has 0 unspecified atom stereocenters. The van der Waals surface area contributed by atoms with Gasteiger partial charge in [0.15, 0.2) is 0 Å². The van der Waals surface area contributed by atoms with Crippen molar-refractivity contribution in [2.45, 2.75) is 30.7 Å². The van der Waals surface area contributed by atoms with Crippen LogP contribution in [0.3, 0.4) is 0 Å². The fourth-order valence-corrected chi connectivity index (χ4v) is 4.32. The molecule has 2 atom stereocenters. The smallest absolute Gasteiger partial charge is 0.431 e. The highest BCUT2D eigenvalue weighted by atomic mass is 19.4. The number of pyridine rings is 1. The van der Waals surface area contributed by atoms with E-state index < -0.39 is 52.1 Å². The molecule has 1 aromatic carbocycles. The third-order valence-corrected chi connectivity index (χ3v) is 5.82. The van der Waals surface area contributed by atoms with E-state index in [9.17, 15) is 31.5 Å². The molecule has 3 heterocycles. The zero-order valence-corrected chi connectivity index (χ0v) is 19.2. The van der Waals surface area contributed by atoms with Crippen molar-refractivity contribution in [2.24, 2.45) is 5.73 Å². The Bertz CT molecular complexity index is 1180. The number of halogens is 5. The van der Waals surface area contributed by atoms with E-state index in [0.29, 0.717) is 5.75 Å². The molecule has 4 rings (SSSR count). The molecule has 1 aromatic heterocycles. The predicted octanol–water partition coefficient (Wildman–Crippen LogP) is 2.66. The summed E-state index contributed by atoms with van der Waals surface area (Å²) < 4.78 is 84.0. The van der Waals surface area contributed by atoms with E-state index in [2.05, 4.69) is 0 Å². The molecule has 36 heavy (non-hydrogen) atoms. The average Bonchev–Trinajstić information content (AvgIpc) is 2.76. The number of rotatable bonds is 7. The Balaban J connectivity index is 1.42. The number of ether oxygens (including phenoxy) is 3. The Morgan fingerprint density at radius 2 is 1.92 bits per heavy atom. The second-order valence-corrected chi connectivity index (χ2v) is 9.20. The summed E-state index contributed by atoms with van der Waals surface area (Å²) in [6.07, 6.45) is -5.36. The molecule has 0 saturated carbocycles. The molecule has 0 bridgehead atoms. The van der Waals surface area contributed by atoms with Gasteiger partial charge in [0.1, 0.15) is 35.3 Å². The van der Waals surface area contributed by atoms with Crippen molar-refractivity contribution < 1.29 is 41.0 Å². The molecule has 0 aliphatic carbocycles. The molecule has 2 fully saturated rings. The lowest BCUT2D eigenvalue weighted by molar-refractivity contribution is -0.222. The lowest BCUT2D eigenvalue weighted by atomic mass is 10.0. The van der Waals surface area contributed by atoms with Crippen LogP contribution in [0.4, 0.5) is 22.0 Å². The number of H-pyrrole nitrogens is 1. The Morgan fingerprint density at radius 3 is 2.50 bits per heavy atom. The third kappa shape index (κ3) is 5.85. The summed E-state index contributed by atoms with van der Waals surface area (Å²) in [4.78, 5) is 26.6. The summed E-state index contributed by atoms with van der Waals surface area (Å²) in [5.74, 6) is -3.52. The van der Waals surface area contributed by atoms with Crippen LogP contribution in [0.25, 0.3) is 11.1 Å². The van der Waals surface area contributed by atoms with Gasteiger partial charge in [-0.25, -0.2) is 8.78 Å². The quantitative estimate of drug-likeness (QED) is 0.547. The van der Waals surface area contributed by atoms with Crippen LogP contribution in [0.1, 0.15) is 23.0 Å². The van der Waals surface area contributed by atoms with Crippen LogP contribution in [0, 0.1) is 0 Å². The first-order valence-electron chi connectivity index (χ1n) is 11.0. The lowest BCUT2D eigenvalue weighted by Crippen LogP contribution is -2.62. The lowest BCUT2D eigenvalue weighted by Gasteiger charge is -2.46. The van der Waals surface area contributed by atoms with Crippen molar-refractivity contribution in [1.29, 1.82) is 0 Å². The Labute approximate surface area is 202 Å². The van der Waals surface area contributed by atoms with Gasteiger partial charge in [0.05, 0.1) is 26.3 Å². The fourth-order valence-electron chi connectivity index (χ4n) is 4.32. The van der Waals surface area contributed by atoms with Crippen molar-refractivity contribution in [2.75, 3.05) is 39.5 Å². The van der Waals surface area contributed by atoms with E-state index in [1.54, 1.807) is 16.8 Å². The topological polar surface area (TPSA) is 107 Å². The number of aromatic amines is 1. The summed E-state index contributed by atoms with van der Waals surface area (Å²) in [5, 5.41) is 0. The van der Waals surface area contributed by atoms with Crippen molar-refractivity contribution in [3.8, 4) is 16.9 Å². The number of likely N-dealkylation sites (tertiary alicyclic amines) is 1. The number of nitrogens with two attached hydrogens (primary N) is 1. The van der Waals surface area contributed by atoms with Crippen LogP contribution in [0.15, 0.2) is 35.1 Å². The minimum Gasteiger partial charge on any atom is -0.491 e. The highest BCUT2D eigenvalue weighted by molar-refractivity contribution is 5.94. The number of carbonyl (C=O) groups is 1. The minimum absolute atomic E-state index is 0.0589. The number of benzene rings is 1. The molecule has 2 saturated heterocycles. The van der Waals surface area contributed by atoms with Gasteiger partial charge in [-0.2, -0.15) is 13.2 Å². The maximum atomic E-state index is 13.5. The molecular formula is C23H24F5N3O5. The van der Waals surface area contributed by atoms with Crippen LogP contribution < -0.4 is 16.0 Å². The zero-order valence-electron chi connectivity index (χ0n) is 19.2. The van der Waals surface area contributed by atoms with Crippen molar-refractivity contribution in [1.82, 2.24) is 9.88 Å². The number of aromatic nitrogens is 1. The highest BCUT2D eigenvalue weighted by Gasteiger charge is 2.47. The molecular weight excluding hydrogens is 493 g/mol. The number of primary amides is 1. The maximum absolute atomic E-state index is 13.5. The van der Waals surface area contributed by atoms with Crippen LogP contribution in [0.5, 0.6) is 5.75 Å². The number of carbonyl (C=O) groups excluding carboxylic acids is 1. The van der Waals surface area contributed by atoms with Gasteiger partial charge in [-0.3, -0.25) is 14.5 Å². The minimum atomic E-state index is -4.88. The van der Waals surface area contributed by atoms with E-state index in [4.69, 9.17) is 19.9 Å². The van der Waals surface area contributed by atoms with E-state index >= 15 is 0 Å². The van der Waals surface area contributed by atoms with Gasteiger partial charge >= 0.3 is 6.18 Å². The summed E-state index contributed by atoms with van der Waals surface area (Å²) in [7, 11) is 0. The first-order chi connectivity index (χ1) is 16.7. The standard InChI is InChI=1S/C23H24F5N3O5/c1-21(9-31-10-22(24,25)11-31)12-34-7-15(36-21)8-35-14-4-2-13(3-5-14)16-6-17(19(29)32)20(33)30-18(16)23(26,27)28/h2-6,15H,7-12H2,1H3,(H2,29,32)(H,30,33)/t15-,21+/m0/s1. The number of nitrogens with zero attached hydrogens (tertiary/aromatic N) is 1. The summed E-state index contributed by atoms with van der Waals surface area (Å²) >= 11 is 0. The molecule has 0 radical (unpaired) electrons. The van der Waals surface area contributed by atoms with E-state index in [1.165, 1.54) is 24.3 Å². The van der Waals surface area contributed by atoms with Crippen molar-refractivity contribution in [3.05, 3.63) is 51.9 Å². The van der Waals surface area contributed by atoms with Gasteiger partial charge in [0.2, 0.25) is 0 Å². The molecule has 1 amide bonds. The average molecular weight is 517 g/mol. The van der Waals surface area contributed by atoms with Gasteiger partial charge in [0, 0.05) is 12.1 Å². The van der Waals surface area contributed by atoms with E-state index in [1.807, 2.05) is 0 Å². The monoisotopic (exact) mass is 517 g/mol. The maximum Gasteiger partial charge on any atom is 0.431 e. The fraction of sp³-hybridized carbons (Fsp3) is 0.478. The van der Waals surface area contributed by atoms with E-state index in [-0.39, 0.29) is 45.0 Å². The van der Waals surface area contributed by atoms with Crippen LogP contribution in [0.2, 0.25) is 0 Å². The van der Waals surface area contributed by atoms with Crippen LogP contribution in [-0.4, -0.2) is 72.9 Å². The number of nitrogens with one attached hydrogen (secondary N) is 1. The zero-order chi connectivity index (χ0) is 26.3. The molecule has 8 nitrogen and oxygen atoms in total. The number of hydrogen-bond donors (Lipinski definition) is 2. The normalized spacial score (nSPS) is 24.2. The Kier molecular flexibility index (Phi) is 6.84. The van der Waals surface area contributed by atoms with Crippen molar-refractivity contribution >= 4 is 5.91 Å². The first-order valence-corrected chi connectivity index (χ1v) is 11.0. The molecule has 2 aromatic rings. The molecule has 3 N–H and O–H groups in total. The first kappa shape index (κ1) is 26.0. The van der Waals surface area contributed by atoms with Crippen LogP contribution >= 0.6 is 0 Å². The van der Waals surface area contributed by atoms with Gasteiger partial charge in [0.25, 0.3) is 17.4 Å². The van der Waals surface area contributed by atoms with Crippen LogP contribution in [-0.2, 0) is 15.7 Å². The number of hydrogen-bond acceptors (Lipinski definition) is 6. The summed E-state index contributed by atoms with van der Waals surface area (Å²) in [6.45, 7) is 1.93.